The summed E-state index contributed by atoms with van der Waals surface area (Å²) in [5.74, 6) is 0.0779. The summed E-state index contributed by atoms with van der Waals surface area (Å²) in [5, 5.41) is 3.47. The van der Waals surface area contributed by atoms with E-state index < -0.39 is 0 Å². The molecule has 28 heavy (non-hydrogen) atoms. The van der Waals surface area contributed by atoms with Crippen molar-refractivity contribution in [3.63, 3.8) is 0 Å². The SMILES string of the molecule is O=C(c1ccccc1)c1ccc2c(c1)c1ccccc1n2CCCCCCBr. The van der Waals surface area contributed by atoms with Crippen molar-refractivity contribution in [3.05, 3.63) is 83.9 Å². The Morgan fingerprint density at radius 2 is 1.43 bits per heavy atom. The molecule has 0 aliphatic rings. The van der Waals surface area contributed by atoms with Gasteiger partial charge in [0.1, 0.15) is 0 Å². The van der Waals surface area contributed by atoms with E-state index in [0.717, 1.165) is 28.4 Å². The summed E-state index contributed by atoms with van der Waals surface area (Å²) in [7, 11) is 0. The summed E-state index contributed by atoms with van der Waals surface area (Å²) in [6.45, 7) is 1.01. The number of rotatable bonds is 8. The molecule has 1 aromatic heterocycles. The normalized spacial score (nSPS) is 11.3. The van der Waals surface area contributed by atoms with Crippen LogP contribution in [0.2, 0.25) is 0 Å². The summed E-state index contributed by atoms with van der Waals surface area (Å²) in [5.41, 5.74) is 3.95. The molecule has 0 aliphatic heterocycles. The largest absolute Gasteiger partial charge is 0.340 e. The lowest BCUT2D eigenvalue weighted by atomic mass is 10.0. The highest BCUT2D eigenvalue weighted by atomic mass is 79.9. The van der Waals surface area contributed by atoms with E-state index in [-0.39, 0.29) is 5.78 Å². The van der Waals surface area contributed by atoms with E-state index in [2.05, 4.69) is 56.9 Å². The minimum absolute atomic E-state index is 0.0779. The molecule has 2 nitrogen and oxygen atoms in total. The molecule has 142 valence electrons. The highest BCUT2D eigenvalue weighted by molar-refractivity contribution is 9.09. The predicted molar refractivity (Wildman–Crippen MR) is 122 cm³/mol. The van der Waals surface area contributed by atoms with Crippen molar-refractivity contribution in [3.8, 4) is 0 Å². The molecule has 0 amide bonds. The van der Waals surface area contributed by atoms with Crippen LogP contribution in [0.4, 0.5) is 0 Å². The second-order valence-corrected chi connectivity index (χ2v) is 7.99. The molecule has 4 aromatic rings. The maximum Gasteiger partial charge on any atom is 0.193 e. The van der Waals surface area contributed by atoms with Gasteiger partial charge in [-0.3, -0.25) is 4.79 Å². The number of halogens is 1. The highest BCUT2D eigenvalue weighted by Crippen LogP contribution is 2.30. The van der Waals surface area contributed by atoms with Crippen molar-refractivity contribution in [2.45, 2.75) is 32.2 Å². The van der Waals surface area contributed by atoms with E-state index in [4.69, 9.17) is 0 Å². The second-order valence-electron chi connectivity index (χ2n) is 7.20. The third kappa shape index (κ3) is 3.77. The van der Waals surface area contributed by atoms with Gasteiger partial charge in [0.2, 0.25) is 0 Å². The smallest absolute Gasteiger partial charge is 0.193 e. The first-order chi connectivity index (χ1) is 13.8. The van der Waals surface area contributed by atoms with E-state index in [1.54, 1.807) is 0 Å². The number of hydrogen-bond acceptors (Lipinski definition) is 1. The zero-order chi connectivity index (χ0) is 19.3. The quantitative estimate of drug-likeness (QED) is 0.167. The van der Waals surface area contributed by atoms with Crippen molar-refractivity contribution in [2.24, 2.45) is 0 Å². The van der Waals surface area contributed by atoms with Crippen LogP contribution in [0, 0.1) is 0 Å². The Balaban J connectivity index is 1.71. The van der Waals surface area contributed by atoms with Gasteiger partial charge in [-0.1, -0.05) is 77.3 Å². The summed E-state index contributed by atoms with van der Waals surface area (Å²) in [6, 6.07) is 24.2. The molecular weight excluding hydrogens is 410 g/mol. The first-order valence-electron chi connectivity index (χ1n) is 9.96. The van der Waals surface area contributed by atoms with E-state index in [1.165, 1.54) is 42.1 Å². The number of nitrogens with zero attached hydrogens (tertiary/aromatic N) is 1. The molecule has 0 radical (unpaired) electrons. The standard InChI is InChI=1S/C25H24BrNO/c26-16-8-1-2-9-17-27-23-13-7-6-12-21(23)22-18-20(14-15-24(22)27)25(28)19-10-4-3-5-11-19/h3-7,10-15,18H,1-2,8-9,16-17H2. The zero-order valence-electron chi connectivity index (χ0n) is 15.9. The fourth-order valence-electron chi connectivity index (χ4n) is 3.91. The van der Waals surface area contributed by atoms with Crippen molar-refractivity contribution >= 4 is 43.5 Å². The lowest BCUT2D eigenvalue weighted by molar-refractivity contribution is 0.103. The van der Waals surface area contributed by atoms with Crippen LogP contribution < -0.4 is 0 Å². The van der Waals surface area contributed by atoms with Gasteiger partial charge >= 0.3 is 0 Å². The van der Waals surface area contributed by atoms with E-state index in [9.17, 15) is 4.79 Å². The molecule has 0 saturated heterocycles. The van der Waals surface area contributed by atoms with E-state index >= 15 is 0 Å². The number of aromatic nitrogens is 1. The van der Waals surface area contributed by atoms with Crippen LogP contribution in [0.1, 0.15) is 41.6 Å². The fraction of sp³-hybridized carbons (Fsp3) is 0.240. The lowest BCUT2D eigenvalue weighted by Gasteiger charge is -2.08. The number of hydrogen-bond donors (Lipinski definition) is 0. The Morgan fingerprint density at radius 1 is 0.714 bits per heavy atom. The summed E-state index contributed by atoms with van der Waals surface area (Å²) < 4.78 is 2.41. The lowest BCUT2D eigenvalue weighted by Crippen LogP contribution is -2.01. The van der Waals surface area contributed by atoms with Crippen molar-refractivity contribution < 1.29 is 4.79 Å². The molecule has 0 unspecified atom stereocenters. The molecule has 1 heterocycles. The molecule has 0 N–H and O–H groups in total. The average Bonchev–Trinajstić information content (AvgIpc) is 3.07. The summed E-state index contributed by atoms with van der Waals surface area (Å²) in [6.07, 6.45) is 4.91. The van der Waals surface area contributed by atoms with Crippen LogP contribution >= 0.6 is 15.9 Å². The number of ketones is 1. The van der Waals surface area contributed by atoms with E-state index in [1.807, 2.05) is 36.4 Å². The van der Waals surface area contributed by atoms with Gasteiger partial charge in [0, 0.05) is 44.8 Å². The van der Waals surface area contributed by atoms with Crippen LogP contribution in [0.3, 0.4) is 0 Å². The number of aryl methyl sites for hydroxylation is 1. The number of alkyl halides is 1. The molecule has 3 heteroatoms. The zero-order valence-corrected chi connectivity index (χ0v) is 17.5. The summed E-state index contributed by atoms with van der Waals surface area (Å²) in [4.78, 5) is 12.9. The topological polar surface area (TPSA) is 22.0 Å². The third-order valence-corrected chi connectivity index (χ3v) is 5.90. The van der Waals surface area contributed by atoms with Gasteiger partial charge in [-0.15, -0.1) is 0 Å². The van der Waals surface area contributed by atoms with Gasteiger partial charge in [0.25, 0.3) is 0 Å². The molecular formula is C25H24BrNO. The Labute approximate surface area is 174 Å². The predicted octanol–water partition coefficient (Wildman–Crippen LogP) is 6.98. The molecule has 0 atom stereocenters. The van der Waals surface area contributed by atoms with Gasteiger partial charge in [0.05, 0.1) is 0 Å². The van der Waals surface area contributed by atoms with Crippen molar-refractivity contribution in [1.29, 1.82) is 0 Å². The monoisotopic (exact) mass is 433 g/mol. The first-order valence-corrected chi connectivity index (χ1v) is 11.1. The number of para-hydroxylation sites is 1. The number of carbonyl (C=O) groups excluding carboxylic acids is 1. The summed E-state index contributed by atoms with van der Waals surface area (Å²) >= 11 is 3.51. The maximum absolute atomic E-state index is 12.9. The molecule has 3 aromatic carbocycles. The molecule has 0 fully saturated rings. The maximum atomic E-state index is 12.9. The van der Waals surface area contributed by atoms with Crippen molar-refractivity contribution in [2.75, 3.05) is 5.33 Å². The van der Waals surface area contributed by atoms with Crippen LogP contribution in [-0.2, 0) is 6.54 Å². The Kier molecular flexibility index (Phi) is 5.92. The minimum Gasteiger partial charge on any atom is -0.340 e. The third-order valence-electron chi connectivity index (χ3n) is 5.34. The average molecular weight is 434 g/mol. The van der Waals surface area contributed by atoms with Crippen LogP contribution in [0.5, 0.6) is 0 Å². The van der Waals surface area contributed by atoms with Crippen LogP contribution in [0.15, 0.2) is 72.8 Å². The van der Waals surface area contributed by atoms with Gasteiger partial charge in [-0.2, -0.15) is 0 Å². The van der Waals surface area contributed by atoms with Gasteiger partial charge in [0.15, 0.2) is 5.78 Å². The number of unbranched alkanes of at least 4 members (excludes halogenated alkanes) is 3. The number of carbonyl (C=O) groups is 1. The second kappa shape index (κ2) is 8.74. The van der Waals surface area contributed by atoms with E-state index in [0.29, 0.717) is 0 Å². The molecule has 4 rings (SSSR count). The van der Waals surface area contributed by atoms with Gasteiger partial charge < -0.3 is 4.57 Å². The van der Waals surface area contributed by atoms with Crippen LogP contribution in [-0.4, -0.2) is 15.7 Å². The number of benzene rings is 3. The Hall–Kier alpha value is -2.39. The molecule has 0 saturated carbocycles. The van der Waals surface area contributed by atoms with Gasteiger partial charge in [-0.05, 0) is 37.1 Å². The molecule has 0 spiro atoms. The van der Waals surface area contributed by atoms with Crippen molar-refractivity contribution in [1.82, 2.24) is 4.57 Å². The fourth-order valence-corrected chi connectivity index (χ4v) is 4.31. The molecule has 0 bridgehead atoms. The van der Waals surface area contributed by atoms with Crippen LogP contribution in [0.25, 0.3) is 21.8 Å². The highest BCUT2D eigenvalue weighted by Gasteiger charge is 2.14. The minimum atomic E-state index is 0.0779. The number of fused-ring (bicyclic) bond motifs is 3. The van der Waals surface area contributed by atoms with Gasteiger partial charge in [-0.25, -0.2) is 0 Å². The Bertz CT molecular complexity index is 1100. The Morgan fingerprint density at radius 3 is 2.25 bits per heavy atom. The molecule has 0 aliphatic carbocycles. The first kappa shape index (κ1) is 18.9.